The van der Waals surface area contributed by atoms with Crippen molar-refractivity contribution in [2.75, 3.05) is 5.73 Å². The van der Waals surface area contributed by atoms with Crippen molar-refractivity contribution in [2.24, 2.45) is 5.73 Å². The SMILES string of the molecule is N[C@@H](Cc1ccccc1)C(=O)O.Nc1nc2nc[nH]c2c(=O)[nH]1. The van der Waals surface area contributed by atoms with Crippen LogP contribution in [0.3, 0.4) is 0 Å². The van der Waals surface area contributed by atoms with Gasteiger partial charge in [0.25, 0.3) is 5.56 Å². The summed E-state index contributed by atoms with van der Waals surface area (Å²) < 4.78 is 0. The van der Waals surface area contributed by atoms with E-state index in [1.54, 1.807) is 0 Å². The normalized spacial score (nSPS) is 11.5. The highest BCUT2D eigenvalue weighted by atomic mass is 16.4. The summed E-state index contributed by atoms with van der Waals surface area (Å²) in [4.78, 5) is 33.9. The first-order valence-electron chi connectivity index (χ1n) is 6.68. The second-order valence-electron chi connectivity index (χ2n) is 4.69. The Labute approximate surface area is 130 Å². The van der Waals surface area contributed by atoms with Crippen LogP contribution >= 0.6 is 0 Å². The van der Waals surface area contributed by atoms with Gasteiger partial charge in [0.15, 0.2) is 11.2 Å². The fraction of sp³-hybridized carbons (Fsp3) is 0.143. The Balaban J connectivity index is 0.000000167. The van der Waals surface area contributed by atoms with Crippen molar-refractivity contribution in [2.45, 2.75) is 12.5 Å². The highest BCUT2D eigenvalue weighted by Gasteiger charge is 2.10. The number of carbonyl (C=O) groups is 1. The summed E-state index contributed by atoms with van der Waals surface area (Å²) in [5, 5.41) is 8.52. The molecular formula is C14H16N6O3. The lowest BCUT2D eigenvalue weighted by Gasteiger charge is -2.04. The van der Waals surface area contributed by atoms with Crippen molar-refractivity contribution in [3.63, 3.8) is 0 Å². The zero-order valence-electron chi connectivity index (χ0n) is 12.1. The lowest BCUT2D eigenvalue weighted by molar-refractivity contribution is -0.138. The van der Waals surface area contributed by atoms with Gasteiger partial charge in [-0.25, -0.2) is 4.98 Å². The third kappa shape index (κ3) is 4.38. The largest absolute Gasteiger partial charge is 0.480 e. The average molecular weight is 316 g/mol. The molecule has 0 aliphatic heterocycles. The van der Waals surface area contributed by atoms with Gasteiger partial charge in [-0.15, -0.1) is 0 Å². The van der Waals surface area contributed by atoms with Gasteiger partial charge in [0.1, 0.15) is 6.04 Å². The number of aromatic amines is 2. The fourth-order valence-corrected chi connectivity index (χ4v) is 1.82. The maximum Gasteiger partial charge on any atom is 0.320 e. The van der Waals surface area contributed by atoms with Gasteiger partial charge in [-0.2, -0.15) is 4.98 Å². The Bertz CT molecular complexity index is 842. The number of nitrogens with two attached hydrogens (primary N) is 2. The van der Waals surface area contributed by atoms with Crippen LogP contribution in [0.25, 0.3) is 11.2 Å². The molecule has 0 unspecified atom stereocenters. The van der Waals surface area contributed by atoms with Crippen molar-refractivity contribution in [1.29, 1.82) is 0 Å². The van der Waals surface area contributed by atoms with Gasteiger partial charge in [0.2, 0.25) is 5.95 Å². The monoisotopic (exact) mass is 316 g/mol. The molecule has 0 bridgehead atoms. The lowest BCUT2D eigenvalue weighted by atomic mass is 10.1. The number of hydrogen-bond acceptors (Lipinski definition) is 6. The molecule has 0 amide bonds. The first kappa shape index (κ1) is 16.2. The van der Waals surface area contributed by atoms with Gasteiger partial charge in [-0.05, 0) is 12.0 Å². The van der Waals surface area contributed by atoms with Gasteiger partial charge in [-0.3, -0.25) is 14.6 Å². The maximum absolute atomic E-state index is 11.0. The van der Waals surface area contributed by atoms with E-state index in [9.17, 15) is 9.59 Å². The molecule has 9 nitrogen and oxygen atoms in total. The number of imidazole rings is 1. The van der Waals surface area contributed by atoms with E-state index in [2.05, 4.69) is 19.9 Å². The van der Waals surface area contributed by atoms with E-state index >= 15 is 0 Å². The smallest absolute Gasteiger partial charge is 0.320 e. The van der Waals surface area contributed by atoms with Gasteiger partial charge in [0.05, 0.1) is 6.33 Å². The number of benzene rings is 1. The quantitative estimate of drug-likeness (QED) is 0.449. The average Bonchev–Trinajstić information content (AvgIpc) is 2.97. The summed E-state index contributed by atoms with van der Waals surface area (Å²) in [6.07, 6.45) is 1.78. The number of carboxylic acid groups (broad SMARTS) is 1. The van der Waals surface area contributed by atoms with Crippen LogP contribution in [0.15, 0.2) is 41.5 Å². The van der Waals surface area contributed by atoms with Crippen LogP contribution in [0.4, 0.5) is 5.95 Å². The third-order valence-corrected chi connectivity index (χ3v) is 2.93. The van der Waals surface area contributed by atoms with Crippen molar-refractivity contribution in [3.8, 4) is 0 Å². The fourth-order valence-electron chi connectivity index (χ4n) is 1.82. The minimum absolute atomic E-state index is 0.0783. The van der Waals surface area contributed by atoms with Gasteiger partial charge < -0.3 is 21.6 Å². The number of rotatable bonds is 3. The summed E-state index contributed by atoms with van der Waals surface area (Å²) in [5.74, 6) is -0.881. The van der Waals surface area contributed by atoms with Crippen LogP contribution in [0.1, 0.15) is 5.56 Å². The molecule has 2 heterocycles. The molecule has 120 valence electrons. The Morgan fingerprint density at radius 1 is 1.30 bits per heavy atom. The standard InChI is InChI=1S/C9H11NO2.C5H5N5O/c10-8(9(11)12)6-7-4-2-1-3-5-7;6-5-9-3-2(4(11)10-5)7-1-8-3/h1-5,8H,6,10H2,(H,11,12);1H,(H4,6,7,8,9,10,11)/t8-;/m0./s1. The minimum atomic E-state index is -0.959. The van der Waals surface area contributed by atoms with E-state index in [0.717, 1.165) is 5.56 Å². The van der Waals surface area contributed by atoms with Crippen LogP contribution in [-0.2, 0) is 11.2 Å². The summed E-state index contributed by atoms with van der Waals surface area (Å²) in [5.41, 5.74) is 11.9. The molecule has 0 radical (unpaired) electrons. The second kappa shape index (κ2) is 7.18. The van der Waals surface area contributed by atoms with E-state index in [4.69, 9.17) is 16.6 Å². The first-order valence-corrected chi connectivity index (χ1v) is 6.68. The minimum Gasteiger partial charge on any atom is -0.480 e. The molecule has 0 spiro atoms. The number of hydrogen-bond donors (Lipinski definition) is 5. The van der Waals surface area contributed by atoms with E-state index in [-0.39, 0.29) is 11.5 Å². The first-order chi connectivity index (χ1) is 11.0. The van der Waals surface area contributed by atoms with Gasteiger partial charge >= 0.3 is 5.97 Å². The van der Waals surface area contributed by atoms with Crippen molar-refractivity contribution < 1.29 is 9.90 Å². The molecule has 23 heavy (non-hydrogen) atoms. The molecule has 1 atom stereocenters. The summed E-state index contributed by atoms with van der Waals surface area (Å²) in [6, 6.07) is 8.54. The zero-order chi connectivity index (χ0) is 16.8. The Hall–Kier alpha value is -3.20. The third-order valence-electron chi connectivity index (χ3n) is 2.93. The summed E-state index contributed by atoms with van der Waals surface area (Å²) >= 11 is 0. The molecule has 0 saturated heterocycles. The second-order valence-corrected chi connectivity index (χ2v) is 4.69. The van der Waals surface area contributed by atoms with Crippen molar-refractivity contribution >= 4 is 23.1 Å². The number of fused-ring (bicyclic) bond motifs is 1. The van der Waals surface area contributed by atoms with Crippen LogP contribution in [-0.4, -0.2) is 37.1 Å². The van der Waals surface area contributed by atoms with Gasteiger partial charge in [-0.1, -0.05) is 30.3 Å². The van der Waals surface area contributed by atoms with E-state index in [0.29, 0.717) is 17.6 Å². The van der Waals surface area contributed by atoms with E-state index in [1.165, 1.54) is 6.33 Å². The molecule has 2 aromatic heterocycles. The molecule has 0 aliphatic carbocycles. The Morgan fingerprint density at radius 2 is 2.00 bits per heavy atom. The van der Waals surface area contributed by atoms with Crippen molar-refractivity contribution in [3.05, 3.63) is 52.6 Å². The predicted molar refractivity (Wildman–Crippen MR) is 84.7 cm³/mol. The Morgan fingerprint density at radius 3 is 2.65 bits per heavy atom. The highest BCUT2D eigenvalue weighted by Crippen LogP contribution is 2.01. The molecule has 9 heteroatoms. The summed E-state index contributed by atoms with van der Waals surface area (Å²) in [6.45, 7) is 0. The van der Waals surface area contributed by atoms with Crippen LogP contribution in [0.2, 0.25) is 0 Å². The predicted octanol–water partition coefficient (Wildman–Crippen LogP) is -0.131. The highest BCUT2D eigenvalue weighted by molar-refractivity contribution is 5.73. The summed E-state index contributed by atoms with van der Waals surface area (Å²) in [7, 11) is 0. The molecule has 0 fully saturated rings. The lowest BCUT2D eigenvalue weighted by Crippen LogP contribution is -2.32. The number of nitrogens with one attached hydrogen (secondary N) is 2. The number of aromatic nitrogens is 4. The molecule has 7 N–H and O–H groups in total. The molecular weight excluding hydrogens is 300 g/mol. The molecule has 1 aromatic carbocycles. The Kier molecular flexibility index (Phi) is 5.05. The van der Waals surface area contributed by atoms with Crippen LogP contribution in [0, 0.1) is 0 Å². The van der Waals surface area contributed by atoms with Crippen LogP contribution in [0.5, 0.6) is 0 Å². The van der Waals surface area contributed by atoms with E-state index in [1.807, 2.05) is 30.3 Å². The van der Waals surface area contributed by atoms with Crippen LogP contribution < -0.4 is 17.0 Å². The molecule has 3 rings (SSSR count). The number of H-pyrrole nitrogens is 2. The number of carboxylic acids is 1. The molecule has 0 aliphatic rings. The number of nitrogens with zero attached hydrogens (tertiary/aromatic N) is 2. The molecule has 3 aromatic rings. The molecule has 0 saturated carbocycles. The number of nitrogen functional groups attached to an aromatic ring is 1. The van der Waals surface area contributed by atoms with Crippen molar-refractivity contribution in [1.82, 2.24) is 19.9 Å². The topological polar surface area (TPSA) is 164 Å². The van der Waals surface area contributed by atoms with Gasteiger partial charge in [0, 0.05) is 0 Å². The number of aliphatic carboxylic acids is 1. The number of anilines is 1. The maximum atomic E-state index is 11.0. The zero-order valence-corrected chi connectivity index (χ0v) is 12.1. The van der Waals surface area contributed by atoms with E-state index < -0.39 is 12.0 Å².